The molecule has 3 aromatic carbocycles. The standard InChI is InChI=1S/C32H34/c1-3-5-7-9-27-11-15-29(16-12-27)19-21-31-23-25-32(26-24-31)22-20-30-17-13-28(14-18-30)10-8-6-4-2/h11-18,23-26H,3-10H2,1-2H3. The summed E-state index contributed by atoms with van der Waals surface area (Å²) in [5, 5.41) is 0. The molecule has 3 rings (SSSR count). The molecule has 0 aliphatic carbocycles. The molecule has 0 radical (unpaired) electrons. The molecule has 0 fully saturated rings. The van der Waals surface area contributed by atoms with Gasteiger partial charge in [-0.1, -0.05) is 87.5 Å². The maximum atomic E-state index is 3.27. The number of aryl methyl sites for hydroxylation is 2. The van der Waals surface area contributed by atoms with Gasteiger partial charge in [0.1, 0.15) is 0 Å². The quantitative estimate of drug-likeness (QED) is 0.257. The zero-order chi connectivity index (χ0) is 22.4. The Morgan fingerprint density at radius 3 is 0.969 bits per heavy atom. The number of benzene rings is 3. The summed E-state index contributed by atoms with van der Waals surface area (Å²) in [6.45, 7) is 4.48. The van der Waals surface area contributed by atoms with Crippen molar-refractivity contribution in [1.29, 1.82) is 0 Å². The fourth-order valence-electron chi connectivity index (χ4n) is 3.59. The van der Waals surface area contributed by atoms with Crippen LogP contribution in [0.1, 0.15) is 85.8 Å². The minimum atomic E-state index is 1.01. The number of hydrogen-bond donors (Lipinski definition) is 0. The van der Waals surface area contributed by atoms with Gasteiger partial charge in [-0.2, -0.15) is 0 Å². The predicted octanol–water partition coefficient (Wildman–Crippen LogP) is 7.95. The first-order chi connectivity index (χ1) is 15.8. The predicted molar refractivity (Wildman–Crippen MR) is 138 cm³/mol. The highest BCUT2D eigenvalue weighted by Gasteiger charge is 1.95. The van der Waals surface area contributed by atoms with Crippen LogP contribution in [0.4, 0.5) is 0 Å². The van der Waals surface area contributed by atoms with E-state index in [1.54, 1.807) is 0 Å². The van der Waals surface area contributed by atoms with Gasteiger partial charge in [-0.15, -0.1) is 0 Å². The van der Waals surface area contributed by atoms with Gasteiger partial charge >= 0.3 is 0 Å². The lowest BCUT2D eigenvalue weighted by Gasteiger charge is -2.00. The van der Waals surface area contributed by atoms with Crippen LogP contribution >= 0.6 is 0 Å². The van der Waals surface area contributed by atoms with E-state index >= 15 is 0 Å². The molecule has 0 bridgehead atoms. The summed E-state index contributed by atoms with van der Waals surface area (Å²) in [6.07, 6.45) is 9.98. The summed E-state index contributed by atoms with van der Waals surface area (Å²) in [6, 6.07) is 25.5. The Kier molecular flexibility index (Phi) is 9.71. The molecular weight excluding hydrogens is 384 g/mol. The first kappa shape index (κ1) is 23.4. The molecule has 3 aromatic rings. The van der Waals surface area contributed by atoms with E-state index in [2.05, 4.69) is 86.1 Å². The minimum absolute atomic E-state index is 1.01. The van der Waals surface area contributed by atoms with Crippen molar-refractivity contribution < 1.29 is 0 Å². The van der Waals surface area contributed by atoms with Gasteiger partial charge < -0.3 is 0 Å². The zero-order valence-corrected chi connectivity index (χ0v) is 19.6. The lowest BCUT2D eigenvalue weighted by Crippen LogP contribution is -1.86. The molecule has 0 heteroatoms. The molecule has 0 aliphatic heterocycles. The van der Waals surface area contributed by atoms with Crippen LogP contribution < -0.4 is 0 Å². The molecule has 0 nitrogen and oxygen atoms in total. The molecule has 0 spiro atoms. The maximum Gasteiger partial charge on any atom is 0.0249 e. The van der Waals surface area contributed by atoms with Gasteiger partial charge in [-0.05, 0) is 85.3 Å². The molecule has 0 saturated heterocycles. The Balaban J connectivity index is 1.55. The summed E-state index contributed by atoms with van der Waals surface area (Å²) in [5.41, 5.74) is 6.95. The van der Waals surface area contributed by atoms with Crippen molar-refractivity contribution in [2.75, 3.05) is 0 Å². The van der Waals surface area contributed by atoms with Gasteiger partial charge in [-0.3, -0.25) is 0 Å². The van der Waals surface area contributed by atoms with E-state index < -0.39 is 0 Å². The van der Waals surface area contributed by atoms with Gasteiger partial charge in [0.05, 0.1) is 0 Å². The summed E-state index contributed by atoms with van der Waals surface area (Å²) in [7, 11) is 0. The number of hydrogen-bond acceptors (Lipinski definition) is 0. The van der Waals surface area contributed by atoms with Crippen molar-refractivity contribution in [1.82, 2.24) is 0 Å². The Bertz CT molecular complexity index is 969. The van der Waals surface area contributed by atoms with Crippen LogP contribution in [-0.2, 0) is 12.8 Å². The van der Waals surface area contributed by atoms with Crippen molar-refractivity contribution in [3.8, 4) is 23.7 Å². The molecule has 32 heavy (non-hydrogen) atoms. The van der Waals surface area contributed by atoms with E-state index in [4.69, 9.17) is 0 Å². The van der Waals surface area contributed by atoms with Crippen LogP contribution in [0.2, 0.25) is 0 Å². The first-order valence-corrected chi connectivity index (χ1v) is 12.1. The highest BCUT2D eigenvalue weighted by molar-refractivity contribution is 5.48. The van der Waals surface area contributed by atoms with Gasteiger partial charge in [0.2, 0.25) is 0 Å². The third-order valence-corrected chi connectivity index (χ3v) is 5.63. The zero-order valence-electron chi connectivity index (χ0n) is 19.6. The van der Waals surface area contributed by atoms with Crippen LogP contribution in [0.3, 0.4) is 0 Å². The second-order valence-corrected chi connectivity index (χ2v) is 8.39. The van der Waals surface area contributed by atoms with E-state index in [0.717, 1.165) is 35.1 Å². The highest BCUT2D eigenvalue weighted by atomic mass is 14.0. The van der Waals surface area contributed by atoms with Gasteiger partial charge in [-0.25, -0.2) is 0 Å². The van der Waals surface area contributed by atoms with Crippen molar-refractivity contribution in [2.24, 2.45) is 0 Å². The SMILES string of the molecule is CCCCCc1ccc(C#Cc2ccc(C#Cc3ccc(CCCCC)cc3)cc2)cc1. The molecule has 0 aliphatic rings. The topological polar surface area (TPSA) is 0 Å². The van der Waals surface area contributed by atoms with Crippen LogP contribution in [0.15, 0.2) is 72.8 Å². The molecule has 0 saturated carbocycles. The average Bonchev–Trinajstić information content (AvgIpc) is 2.84. The van der Waals surface area contributed by atoms with Gasteiger partial charge in [0.15, 0.2) is 0 Å². The normalized spacial score (nSPS) is 10.1. The third-order valence-electron chi connectivity index (χ3n) is 5.63. The van der Waals surface area contributed by atoms with E-state index in [0.29, 0.717) is 0 Å². The second-order valence-electron chi connectivity index (χ2n) is 8.39. The molecule has 0 aromatic heterocycles. The monoisotopic (exact) mass is 418 g/mol. The Labute approximate surface area is 195 Å². The average molecular weight is 419 g/mol. The lowest BCUT2D eigenvalue weighted by molar-refractivity contribution is 0.717. The molecule has 0 amide bonds. The summed E-state index contributed by atoms with van der Waals surface area (Å²) in [5.74, 6) is 13.1. The van der Waals surface area contributed by atoms with Crippen molar-refractivity contribution in [2.45, 2.75) is 65.2 Å². The fourth-order valence-corrected chi connectivity index (χ4v) is 3.59. The van der Waals surface area contributed by atoms with Gasteiger partial charge in [0.25, 0.3) is 0 Å². The van der Waals surface area contributed by atoms with Crippen LogP contribution in [0, 0.1) is 23.7 Å². The largest absolute Gasteiger partial charge is 0.0654 e. The smallest absolute Gasteiger partial charge is 0.0249 e. The Hall–Kier alpha value is -3.22. The van der Waals surface area contributed by atoms with E-state index in [1.807, 2.05) is 24.3 Å². The first-order valence-electron chi connectivity index (χ1n) is 12.1. The third kappa shape index (κ3) is 8.13. The van der Waals surface area contributed by atoms with Crippen molar-refractivity contribution >= 4 is 0 Å². The van der Waals surface area contributed by atoms with Crippen molar-refractivity contribution in [3.05, 3.63) is 106 Å². The Morgan fingerprint density at radius 2 is 0.688 bits per heavy atom. The summed E-state index contributed by atoms with van der Waals surface area (Å²) >= 11 is 0. The minimum Gasteiger partial charge on any atom is -0.0654 e. The van der Waals surface area contributed by atoms with Crippen molar-refractivity contribution in [3.63, 3.8) is 0 Å². The lowest BCUT2D eigenvalue weighted by atomic mass is 10.0. The molecule has 0 N–H and O–H groups in total. The maximum absolute atomic E-state index is 3.27. The van der Waals surface area contributed by atoms with E-state index in [9.17, 15) is 0 Å². The molecule has 0 heterocycles. The number of rotatable bonds is 8. The van der Waals surface area contributed by atoms with E-state index in [1.165, 1.54) is 49.7 Å². The fraction of sp³-hybridized carbons (Fsp3) is 0.312. The van der Waals surface area contributed by atoms with E-state index in [-0.39, 0.29) is 0 Å². The summed E-state index contributed by atoms with van der Waals surface area (Å²) < 4.78 is 0. The van der Waals surface area contributed by atoms with Crippen LogP contribution in [0.5, 0.6) is 0 Å². The number of unbranched alkanes of at least 4 members (excludes halogenated alkanes) is 4. The highest BCUT2D eigenvalue weighted by Crippen LogP contribution is 2.10. The van der Waals surface area contributed by atoms with Crippen LogP contribution in [0.25, 0.3) is 0 Å². The molecular formula is C32H34. The van der Waals surface area contributed by atoms with Gasteiger partial charge in [0, 0.05) is 22.3 Å². The molecule has 162 valence electrons. The Morgan fingerprint density at radius 1 is 0.406 bits per heavy atom. The molecule has 0 unspecified atom stereocenters. The molecule has 0 atom stereocenters. The van der Waals surface area contributed by atoms with Crippen LogP contribution in [-0.4, -0.2) is 0 Å². The second kappa shape index (κ2) is 13.2. The summed E-state index contributed by atoms with van der Waals surface area (Å²) in [4.78, 5) is 0.